The summed E-state index contributed by atoms with van der Waals surface area (Å²) in [5.74, 6) is -0.606. The van der Waals surface area contributed by atoms with Crippen molar-refractivity contribution in [3.8, 4) is 5.75 Å². The number of carbonyl (C=O) groups is 1. The van der Waals surface area contributed by atoms with Crippen LogP contribution in [0.5, 0.6) is 5.75 Å². The van der Waals surface area contributed by atoms with E-state index in [1.54, 1.807) is 32.0 Å². The molecule has 1 aromatic carbocycles. The van der Waals surface area contributed by atoms with Gasteiger partial charge in [-0.2, -0.15) is 5.09 Å². The molecule has 0 bridgehead atoms. The number of ether oxygens (including phenoxy) is 2. The van der Waals surface area contributed by atoms with Crippen LogP contribution in [0.25, 0.3) is 0 Å². The van der Waals surface area contributed by atoms with Gasteiger partial charge in [0.15, 0.2) is 6.23 Å². The fraction of sp³-hybridized carbons (Fsp3) is 0.500. The maximum atomic E-state index is 15.3. The summed E-state index contributed by atoms with van der Waals surface area (Å²) in [7, 11) is -4.35. The number of nitrogens with one attached hydrogen (secondary N) is 2. The number of aliphatic hydroxyl groups is 1. The quantitative estimate of drug-likeness (QED) is 0.222. The predicted octanol–water partition coefficient (Wildman–Crippen LogP) is 2.14. The summed E-state index contributed by atoms with van der Waals surface area (Å²) in [5.41, 5.74) is -1.64. The molecule has 1 saturated heterocycles. The van der Waals surface area contributed by atoms with E-state index < -0.39 is 67.3 Å². The highest BCUT2D eigenvalue weighted by Gasteiger charge is 2.58. The summed E-state index contributed by atoms with van der Waals surface area (Å²) in [5, 5.41) is 9.93. The van der Waals surface area contributed by atoms with Crippen LogP contribution in [0.2, 0.25) is 0 Å². The lowest BCUT2D eigenvalue weighted by molar-refractivity contribution is -0.149. The van der Waals surface area contributed by atoms with Gasteiger partial charge in [0.05, 0.1) is 12.7 Å². The lowest BCUT2D eigenvalue weighted by Crippen LogP contribution is -2.42. The third-order valence-electron chi connectivity index (χ3n) is 5.21. The minimum atomic E-state index is -4.35. The molecule has 15 heteroatoms. The Labute approximate surface area is 216 Å². The monoisotopic (exact) mass is 563 g/mol. The van der Waals surface area contributed by atoms with Crippen LogP contribution in [0.3, 0.4) is 0 Å². The summed E-state index contributed by atoms with van der Waals surface area (Å²) in [6.07, 6.45) is -4.84. The highest BCUT2D eigenvalue weighted by molar-refractivity contribution is 7.52. The molecule has 1 aromatic heterocycles. The summed E-state index contributed by atoms with van der Waals surface area (Å²) >= 11 is 5.91. The van der Waals surface area contributed by atoms with E-state index in [9.17, 15) is 24.1 Å². The van der Waals surface area contributed by atoms with E-state index in [1.807, 2.05) is 4.98 Å². The second kappa shape index (κ2) is 11.5. The van der Waals surface area contributed by atoms with Crippen LogP contribution in [-0.2, 0) is 23.4 Å². The van der Waals surface area contributed by atoms with Crippen LogP contribution in [-0.4, -0.2) is 56.7 Å². The molecule has 3 rings (SSSR count). The molecule has 0 spiro atoms. The number of carbonyl (C=O) groups excluding carboxylic acids is 1. The van der Waals surface area contributed by atoms with Crippen molar-refractivity contribution < 1.29 is 37.4 Å². The largest absolute Gasteiger partial charge is 0.462 e. The molecule has 3 N–H and O–H groups in total. The number of hydrogen-bond acceptors (Lipinski definition) is 9. The van der Waals surface area contributed by atoms with Crippen molar-refractivity contribution >= 4 is 25.3 Å². The van der Waals surface area contributed by atoms with Crippen molar-refractivity contribution in [1.82, 2.24) is 14.6 Å². The van der Waals surface area contributed by atoms with E-state index in [4.69, 9.17) is 30.1 Å². The minimum absolute atomic E-state index is 0.0667. The van der Waals surface area contributed by atoms with E-state index in [-0.39, 0.29) is 11.3 Å². The summed E-state index contributed by atoms with van der Waals surface area (Å²) in [4.78, 5) is 38.2. The topological polar surface area (TPSA) is 158 Å². The molecule has 1 unspecified atom stereocenters. The van der Waals surface area contributed by atoms with Crippen molar-refractivity contribution in [1.29, 1.82) is 0 Å². The van der Waals surface area contributed by atoms with Crippen LogP contribution >= 0.6 is 19.3 Å². The average Bonchev–Trinajstić information content (AvgIpc) is 3.03. The van der Waals surface area contributed by atoms with Gasteiger partial charge in [-0.25, -0.2) is 13.8 Å². The molecule has 2 heterocycles. The summed E-state index contributed by atoms with van der Waals surface area (Å²) in [6.45, 7) is 5.31. The number of nitrogens with zero attached hydrogens (tertiary/aromatic N) is 1. The van der Waals surface area contributed by atoms with Gasteiger partial charge in [-0.3, -0.25) is 23.7 Å². The molecular formula is C22H28ClFN3O9P. The molecule has 1 aliphatic heterocycles. The molecule has 1 aliphatic rings. The first-order valence-corrected chi connectivity index (χ1v) is 13.2. The molecular weight excluding hydrogens is 536 g/mol. The second-order valence-electron chi connectivity index (χ2n) is 8.66. The maximum absolute atomic E-state index is 15.3. The number of aryl methyl sites for hydroxylation is 1. The zero-order valence-electron chi connectivity index (χ0n) is 20.4. The smallest absolute Gasteiger partial charge is 0.459 e. The van der Waals surface area contributed by atoms with Gasteiger partial charge in [-0.15, -0.1) is 0 Å². The Morgan fingerprint density at radius 3 is 2.59 bits per heavy atom. The van der Waals surface area contributed by atoms with Crippen molar-refractivity contribution in [2.45, 2.75) is 63.4 Å². The number of esters is 1. The Balaban J connectivity index is 1.82. The molecule has 0 saturated carbocycles. The van der Waals surface area contributed by atoms with E-state index in [2.05, 4.69) is 5.09 Å². The summed E-state index contributed by atoms with van der Waals surface area (Å²) < 4.78 is 51.1. The molecule has 37 heavy (non-hydrogen) atoms. The fourth-order valence-corrected chi connectivity index (χ4v) is 5.17. The molecule has 2 aromatic rings. The standard InChI is InChI=1S/C22H28ClFN3O9P/c1-12(2)34-19(30)14(4)26-37(32,36-15-8-6-5-7-9-15)33-11-16-17(28)22(23,24)20(35-16)27-10-13(3)18(29)25-21(27)31/h5-10,12,14,16-17,20,28H,11H2,1-4H3,(H,26,32)(H,25,29,31)/t14-,16+,17+,20+,22-,37?/m0/s1. The van der Waals surface area contributed by atoms with E-state index >= 15 is 4.39 Å². The van der Waals surface area contributed by atoms with Crippen molar-refractivity contribution in [3.63, 3.8) is 0 Å². The van der Waals surface area contributed by atoms with Gasteiger partial charge in [-0.1, -0.05) is 29.8 Å². The van der Waals surface area contributed by atoms with Crippen molar-refractivity contribution in [2.75, 3.05) is 6.61 Å². The van der Waals surface area contributed by atoms with E-state index in [0.29, 0.717) is 4.57 Å². The van der Waals surface area contributed by atoms with Gasteiger partial charge in [0, 0.05) is 11.8 Å². The van der Waals surface area contributed by atoms with Gasteiger partial charge in [-0.05, 0) is 39.8 Å². The third-order valence-corrected chi connectivity index (χ3v) is 7.27. The molecule has 0 amide bonds. The van der Waals surface area contributed by atoms with Crippen LogP contribution in [0.15, 0.2) is 46.1 Å². The third kappa shape index (κ3) is 6.86. The zero-order chi connectivity index (χ0) is 27.5. The first-order chi connectivity index (χ1) is 17.2. The second-order valence-corrected chi connectivity index (χ2v) is 10.9. The number of halogens is 2. The molecule has 0 radical (unpaired) electrons. The number of aliphatic hydroxyl groups excluding tert-OH is 1. The molecule has 1 fully saturated rings. The molecule has 0 aliphatic carbocycles. The highest BCUT2D eigenvalue weighted by Crippen LogP contribution is 2.48. The first-order valence-electron chi connectivity index (χ1n) is 11.2. The Hall–Kier alpha value is -2.54. The van der Waals surface area contributed by atoms with Crippen molar-refractivity contribution in [2.24, 2.45) is 0 Å². The normalized spacial score (nSPS) is 26.0. The molecule has 204 valence electrons. The van der Waals surface area contributed by atoms with Gasteiger partial charge >= 0.3 is 19.4 Å². The van der Waals surface area contributed by atoms with E-state index in [1.165, 1.54) is 26.0 Å². The number of rotatable bonds is 10. The number of hydrogen-bond donors (Lipinski definition) is 3. The number of H-pyrrole nitrogens is 1. The molecule has 6 atom stereocenters. The Morgan fingerprint density at radius 1 is 1.32 bits per heavy atom. The maximum Gasteiger partial charge on any atom is 0.459 e. The van der Waals surface area contributed by atoms with Crippen LogP contribution in [0, 0.1) is 6.92 Å². The van der Waals surface area contributed by atoms with Crippen LogP contribution in [0.1, 0.15) is 32.6 Å². The van der Waals surface area contributed by atoms with Crippen LogP contribution in [0.4, 0.5) is 4.39 Å². The van der Waals surface area contributed by atoms with Gasteiger partial charge in [0.1, 0.15) is 24.0 Å². The Morgan fingerprint density at radius 2 is 1.97 bits per heavy atom. The predicted molar refractivity (Wildman–Crippen MR) is 130 cm³/mol. The Kier molecular flexibility index (Phi) is 8.99. The average molecular weight is 564 g/mol. The summed E-state index contributed by atoms with van der Waals surface area (Å²) in [6, 6.07) is 6.75. The number of para-hydroxylation sites is 1. The van der Waals surface area contributed by atoms with Crippen molar-refractivity contribution in [3.05, 3.63) is 62.9 Å². The van der Waals surface area contributed by atoms with Gasteiger partial charge in [0.2, 0.25) is 0 Å². The Bertz CT molecular complexity index is 1270. The first kappa shape index (κ1) is 29.0. The van der Waals surface area contributed by atoms with Gasteiger partial charge in [0.25, 0.3) is 10.7 Å². The lowest BCUT2D eigenvalue weighted by Gasteiger charge is -2.25. The number of aromatic nitrogens is 2. The SMILES string of the molecule is Cc1cn([C@@H]2O[C@H](COP(=O)(N[C@@H](C)C(=O)OC(C)C)Oc3ccccc3)[C@@H](O)[C@@]2(F)Cl)c(=O)[nH]c1=O. The minimum Gasteiger partial charge on any atom is -0.462 e. The van der Waals surface area contributed by atoms with Gasteiger partial charge < -0.3 is 19.1 Å². The fourth-order valence-electron chi connectivity index (χ4n) is 3.37. The zero-order valence-corrected chi connectivity index (χ0v) is 22.1. The van der Waals surface area contributed by atoms with E-state index in [0.717, 1.165) is 6.20 Å². The van der Waals surface area contributed by atoms with Crippen LogP contribution < -0.4 is 20.9 Å². The number of benzene rings is 1. The number of aromatic amines is 1. The lowest BCUT2D eigenvalue weighted by atomic mass is 10.1. The highest BCUT2D eigenvalue weighted by atomic mass is 35.5. The molecule has 12 nitrogen and oxygen atoms in total. The number of alkyl halides is 2.